The fraction of sp³-hybridized carbons (Fsp3) is 0.417. The molecule has 19 heavy (non-hydrogen) atoms. The minimum atomic E-state index is 0.711. The molecule has 0 radical (unpaired) electrons. The number of halogens is 1. The van der Waals surface area contributed by atoms with Crippen LogP contribution in [-0.4, -0.2) is 26.8 Å². The van der Waals surface area contributed by atoms with E-state index >= 15 is 0 Å². The maximum absolute atomic E-state index is 5.49. The van der Waals surface area contributed by atoms with Crippen molar-refractivity contribution in [3.63, 3.8) is 0 Å². The normalized spacial score (nSPS) is 10.8. The molecule has 0 saturated carbocycles. The summed E-state index contributed by atoms with van der Waals surface area (Å²) in [6, 6.07) is 8.15. The van der Waals surface area contributed by atoms with Crippen LogP contribution in [0.3, 0.4) is 0 Å². The van der Waals surface area contributed by atoms with Crippen LogP contribution in [0, 0.1) is 0 Å². The van der Waals surface area contributed by atoms with E-state index in [4.69, 9.17) is 5.73 Å². The van der Waals surface area contributed by atoms with Crippen molar-refractivity contribution >= 4 is 27.7 Å². The largest absolute Gasteiger partial charge is 0.330 e. The molecule has 0 aliphatic carbocycles. The monoisotopic (exact) mass is 341 g/mol. The van der Waals surface area contributed by atoms with Crippen molar-refractivity contribution in [2.45, 2.75) is 30.0 Å². The Morgan fingerprint density at radius 1 is 1.26 bits per heavy atom. The summed E-state index contributed by atoms with van der Waals surface area (Å²) in [5.41, 5.74) is 5.49. The summed E-state index contributed by atoms with van der Waals surface area (Å²) in [5.74, 6) is 1.66. The summed E-state index contributed by atoms with van der Waals surface area (Å²) < 4.78 is 2.96. The number of unbranched alkanes of at least 4 members (excludes halogenated alkanes) is 1. The van der Waals surface area contributed by atoms with Gasteiger partial charge in [0.1, 0.15) is 0 Å². The molecule has 0 atom stereocenters. The number of hydrogen-bond acceptors (Lipinski definition) is 5. The third-order valence-electron chi connectivity index (χ3n) is 2.62. The number of aryl methyl sites for hydroxylation is 1. The Labute approximate surface area is 125 Å². The predicted molar refractivity (Wildman–Crippen MR) is 79.8 cm³/mol. The second-order valence-electron chi connectivity index (χ2n) is 4.03. The lowest BCUT2D eigenvalue weighted by molar-refractivity contribution is 0.532. The van der Waals surface area contributed by atoms with Gasteiger partial charge in [-0.3, -0.25) is 0 Å². The van der Waals surface area contributed by atoms with E-state index in [2.05, 4.69) is 37.5 Å². The minimum Gasteiger partial charge on any atom is -0.330 e. The molecule has 0 unspecified atom stereocenters. The van der Waals surface area contributed by atoms with Gasteiger partial charge in [0.25, 0.3) is 0 Å². The molecule has 0 spiro atoms. The lowest BCUT2D eigenvalue weighted by Gasteiger charge is -2.05. The number of benzene rings is 1. The van der Waals surface area contributed by atoms with Gasteiger partial charge in [-0.1, -0.05) is 12.1 Å². The molecule has 5 nitrogen and oxygen atoms in total. The molecule has 2 N–H and O–H groups in total. The Kier molecular flexibility index (Phi) is 5.81. The van der Waals surface area contributed by atoms with Gasteiger partial charge < -0.3 is 5.73 Å². The summed E-state index contributed by atoms with van der Waals surface area (Å²) >= 11 is 5.26. The van der Waals surface area contributed by atoms with E-state index in [1.165, 1.54) is 4.90 Å². The van der Waals surface area contributed by atoms with E-state index in [-0.39, 0.29) is 0 Å². The van der Waals surface area contributed by atoms with Crippen LogP contribution in [0.25, 0.3) is 0 Å². The lowest BCUT2D eigenvalue weighted by Crippen LogP contribution is -2.07. The van der Waals surface area contributed by atoms with Crippen molar-refractivity contribution in [1.82, 2.24) is 20.2 Å². The zero-order chi connectivity index (χ0) is 13.5. The first kappa shape index (κ1) is 14.5. The van der Waals surface area contributed by atoms with Crippen LogP contribution >= 0.6 is 27.7 Å². The number of nitrogens with zero attached hydrogens (tertiary/aromatic N) is 4. The van der Waals surface area contributed by atoms with E-state index < -0.39 is 0 Å². The number of thioether (sulfide) groups is 1. The maximum Gasteiger partial charge on any atom is 0.161 e. The smallest absolute Gasteiger partial charge is 0.161 e. The molecule has 1 heterocycles. The molecular weight excluding hydrogens is 326 g/mol. The van der Waals surface area contributed by atoms with E-state index in [1.54, 1.807) is 11.8 Å². The van der Waals surface area contributed by atoms with E-state index in [1.807, 2.05) is 22.9 Å². The molecule has 102 valence electrons. The Bertz CT molecular complexity index is 516. The second kappa shape index (κ2) is 7.62. The summed E-state index contributed by atoms with van der Waals surface area (Å²) in [6.45, 7) is 1.54. The molecule has 7 heteroatoms. The molecule has 0 aliphatic rings. The summed E-state index contributed by atoms with van der Waals surface area (Å²) in [7, 11) is 0. The zero-order valence-corrected chi connectivity index (χ0v) is 12.9. The fourth-order valence-electron chi connectivity index (χ4n) is 1.61. The molecule has 0 amide bonds. The van der Waals surface area contributed by atoms with Crippen molar-refractivity contribution < 1.29 is 0 Å². The van der Waals surface area contributed by atoms with Crippen molar-refractivity contribution in [2.75, 3.05) is 6.54 Å². The summed E-state index contributed by atoms with van der Waals surface area (Å²) in [6.07, 6.45) is 2.00. The predicted octanol–water partition coefficient (Wildman–Crippen LogP) is 2.47. The second-order valence-corrected chi connectivity index (χ2v) is 5.90. The van der Waals surface area contributed by atoms with Crippen LogP contribution < -0.4 is 5.73 Å². The highest BCUT2D eigenvalue weighted by Gasteiger charge is 2.07. The number of aromatic nitrogens is 4. The number of hydrogen-bond donors (Lipinski definition) is 1. The molecular formula is C12H16BrN5S. The van der Waals surface area contributed by atoms with E-state index in [0.29, 0.717) is 6.54 Å². The SMILES string of the molecule is NCCCCn1nnnc1CSc1ccccc1Br. The molecule has 0 aliphatic heterocycles. The number of tetrazole rings is 1. The summed E-state index contributed by atoms with van der Waals surface area (Å²) in [4.78, 5) is 1.19. The van der Waals surface area contributed by atoms with Crippen molar-refractivity contribution in [3.05, 3.63) is 34.6 Å². The highest BCUT2D eigenvalue weighted by Crippen LogP contribution is 2.29. The van der Waals surface area contributed by atoms with Gasteiger partial charge in [-0.2, -0.15) is 0 Å². The molecule has 0 bridgehead atoms. The van der Waals surface area contributed by atoms with Crippen LogP contribution in [0.5, 0.6) is 0 Å². The Hall–Kier alpha value is -0.920. The maximum atomic E-state index is 5.49. The molecule has 2 aromatic rings. The fourth-order valence-corrected chi connectivity index (χ4v) is 3.11. The van der Waals surface area contributed by atoms with Crippen LogP contribution in [0.2, 0.25) is 0 Å². The Morgan fingerprint density at radius 3 is 2.89 bits per heavy atom. The topological polar surface area (TPSA) is 69.6 Å². The number of rotatable bonds is 7. The third-order valence-corrected chi connectivity index (χ3v) is 4.65. The van der Waals surface area contributed by atoms with E-state index in [9.17, 15) is 0 Å². The molecule has 0 saturated heterocycles. The standard InChI is InChI=1S/C12H16BrN5S/c13-10-5-1-2-6-11(10)19-9-12-15-16-17-18(12)8-4-3-7-14/h1-2,5-6H,3-4,7-9,14H2. The average Bonchev–Trinajstić information content (AvgIpc) is 2.86. The van der Waals surface area contributed by atoms with Gasteiger partial charge in [-0.05, 0) is 57.9 Å². The highest BCUT2D eigenvalue weighted by atomic mass is 79.9. The van der Waals surface area contributed by atoms with Gasteiger partial charge in [0.2, 0.25) is 0 Å². The summed E-state index contributed by atoms with van der Waals surface area (Å²) in [5, 5.41) is 11.8. The van der Waals surface area contributed by atoms with Crippen molar-refractivity contribution in [3.8, 4) is 0 Å². The molecule has 1 aromatic heterocycles. The lowest BCUT2D eigenvalue weighted by atomic mass is 10.3. The quantitative estimate of drug-likeness (QED) is 0.618. The van der Waals surface area contributed by atoms with Gasteiger partial charge >= 0.3 is 0 Å². The van der Waals surface area contributed by atoms with Gasteiger partial charge in [0, 0.05) is 15.9 Å². The van der Waals surface area contributed by atoms with Crippen LogP contribution in [0.15, 0.2) is 33.6 Å². The first-order valence-electron chi connectivity index (χ1n) is 6.13. The zero-order valence-electron chi connectivity index (χ0n) is 10.5. The van der Waals surface area contributed by atoms with Gasteiger partial charge in [0.15, 0.2) is 5.82 Å². The Morgan fingerprint density at radius 2 is 2.11 bits per heavy atom. The van der Waals surface area contributed by atoms with Gasteiger partial charge in [-0.15, -0.1) is 16.9 Å². The van der Waals surface area contributed by atoms with Crippen LogP contribution in [-0.2, 0) is 12.3 Å². The first-order chi connectivity index (χ1) is 9.31. The minimum absolute atomic E-state index is 0.711. The average molecular weight is 342 g/mol. The van der Waals surface area contributed by atoms with Crippen LogP contribution in [0.1, 0.15) is 18.7 Å². The first-order valence-corrected chi connectivity index (χ1v) is 7.91. The molecule has 0 fully saturated rings. The van der Waals surface area contributed by atoms with E-state index in [0.717, 1.165) is 35.4 Å². The van der Waals surface area contributed by atoms with Crippen molar-refractivity contribution in [2.24, 2.45) is 5.73 Å². The third kappa shape index (κ3) is 4.29. The van der Waals surface area contributed by atoms with Gasteiger partial charge in [-0.25, -0.2) is 4.68 Å². The molecule has 1 aromatic carbocycles. The Balaban J connectivity index is 1.93. The highest BCUT2D eigenvalue weighted by molar-refractivity contribution is 9.10. The van der Waals surface area contributed by atoms with Crippen molar-refractivity contribution in [1.29, 1.82) is 0 Å². The number of nitrogens with two attached hydrogens (primary N) is 1. The van der Waals surface area contributed by atoms with Crippen LogP contribution in [0.4, 0.5) is 0 Å². The van der Waals surface area contributed by atoms with Gasteiger partial charge in [0.05, 0.1) is 5.75 Å². The molecule has 2 rings (SSSR count).